The van der Waals surface area contributed by atoms with Crippen LogP contribution in [0.2, 0.25) is 0 Å². The summed E-state index contributed by atoms with van der Waals surface area (Å²) in [5.41, 5.74) is 0. The van der Waals surface area contributed by atoms with Gasteiger partial charge in [-0.3, -0.25) is 0 Å². The lowest BCUT2D eigenvalue weighted by atomic mass is 10.4. The van der Waals surface area contributed by atoms with Gasteiger partial charge in [0, 0.05) is 6.61 Å². The number of hydrogen-bond donors (Lipinski definition) is 0. The highest BCUT2D eigenvalue weighted by Crippen LogP contribution is 2.12. The molecule has 0 fully saturated rings. The van der Waals surface area contributed by atoms with Crippen molar-refractivity contribution in [3.8, 4) is 0 Å². The molecule has 0 aliphatic carbocycles. The second-order valence-electron chi connectivity index (χ2n) is 5.29. The lowest BCUT2D eigenvalue weighted by Crippen LogP contribution is -2.64. The van der Waals surface area contributed by atoms with Gasteiger partial charge < -0.3 is 8.85 Å². The summed E-state index contributed by atoms with van der Waals surface area (Å²) in [6, 6.07) is 20.5. The molecule has 0 saturated heterocycles. The summed E-state index contributed by atoms with van der Waals surface area (Å²) < 4.78 is 12.7. The van der Waals surface area contributed by atoms with E-state index in [0.717, 1.165) is 16.8 Å². The molecule has 2 aromatic carbocycles. The van der Waals surface area contributed by atoms with Gasteiger partial charge in [0.05, 0.1) is 12.0 Å². The highest BCUT2D eigenvalue weighted by molar-refractivity contribution is 6.92. The molecule has 1 atom stereocenters. The van der Waals surface area contributed by atoms with Crippen molar-refractivity contribution in [1.82, 2.24) is 0 Å². The molecule has 0 saturated carbocycles. The average molecular weight is 335 g/mol. The van der Waals surface area contributed by atoms with Crippen LogP contribution in [0.3, 0.4) is 0 Å². The standard InChI is InChI=1S/C18H23ClO2Si/c1-3-14-20-22(21-15-16(2)19,17-10-6-4-7-11-17)18-12-8-5-9-13-18/h4-13,16H,3,14-15H2,1-2H3. The summed E-state index contributed by atoms with van der Waals surface area (Å²) in [5, 5.41) is 2.18. The fourth-order valence-electron chi connectivity index (χ4n) is 2.33. The van der Waals surface area contributed by atoms with E-state index in [1.54, 1.807) is 0 Å². The highest BCUT2D eigenvalue weighted by atomic mass is 35.5. The van der Waals surface area contributed by atoms with E-state index >= 15 is 0 Å². The molecule has 0 aliphatic heterocycles. The Morgan fingerprint density at radius 2 is 1.41 bits per heavy atom. The molecular weight excluding hydrogens is 312 g/mol. The Kier molecular flexibility index (Phi) is 6.64. The minimum atomic E-state index is -2.72. The van der Waals surface area contributed by atoms with E-state index < -0.39 is 8.56 Å². The van der Waals surface area contributed by atoms with Crippen molar-refractivity contribution in [2.75, 3.05) is 13.2 Å². The van der Waals surface area contributed by atoms with Gasteiger partial charge >= 0.3 is 8.56 Å². The molecule has 0 aliphatic rings. The van der Waals surface area contributed by atoms with Gasteiger partial charge in [-0.25, -0.2) is 0 Å². The normalized spacial score (nSPS) is 13.0. The molecule has 0 aromatic heterocycles. The number of alkyl halides is 1. The molecule has 2 rings (SSSR count). The molecule has 2 nitrogen and oxygen atoms in total. The maximum atomic E-state index is 6.36. The van der Waals surface area contributed by atoms with Gasteiger partial charge in [0.25, 0.3) is 0 Å². The van der Waals surface area contributed by atoms with Crippen LogP contribution < -0.4 is 10.4 Å². The zero-order valence-corrected chi connectivity index (χ0v) is 14.9. The lowest BCUT2D eigenvalue weighted by Gasteiger charge is -2.32. The van der Waals surface area contributed by atoms with Gasteiger partial charge in [-0.15, -0.1) is 11.6 Å². The fourth-order valence-corrected chi connectivity index (χ4v) is 5.83. The molecule has 22 heavy (non-hydrogen) atoms. The predicted octanol–water partition coefficient (Wildman–Crippen LogP) is 3.31. The summed E-state index contributed by atoms with van der Waals surface area (Å²) in [6.45, 7) is 5.20. The summed E-state index contributed by atoms with van der Waals surface area (Å²) in [4.78, 5) is 0. The second-order valence-corrected chi connectivity index (χ2v) is 9.00. The summed E-state index contributed by atoms with van der Waals surface area (Å²) in [6.07, 6.45) is 0.953. The first-order valence-electron chi connectivity index (χ1n) is 7.72. The Bertz CT molecular complexity index is 506. The zero-order chi connectivity index (χ0) is 15.8. The SMILES string of the molecule is CCCO[Si](OCC(C)Cl)(c1ccccc1)c1ccccc1. The van der Waals surface area contributed by atoms with Gasteiger partial charge in [-0.2, -0.15) is 0 Å². The highest BCUT2D eigenvalue weighted by Gasteiger charge is 2.42. The Morgan fingerprint density at radius 3 is 1.82 bits per heavy atom. The first-order chi connectivity index (χ1) is 10.7. The second kappa shape index (κ2) is 8.49. The van der Waals surface area contributed by atoms with Gasteiger partial charge in [0.1, 0.15) is 0 Å². The summed E-state index contributed by atoms with van der Waals surface area (Å²) >= 11 is 6.13. The van der Waals surface area contributed by atoms with Gasteiger partial charge in [-0.1, -0.05) is 67.6 Å². The van der Waals surface area contributed by atoms with Gasteiger partial charge in [0.2, 0.25) is 0 Å². The smallest absolute Gasteiger partial charge is 0.388 e. The Hall–Kier alpha value is -1.13. The molecular formula is C18H23ClO2Si. The maximum absolute atomic E-state index is 6.36. The van der Waals surface area contributed by atoms with Crippen molar-refractivity contribution >= 4 is 30.5 Å². The molecule has 4 heteroatoms. The van der Waals surface area contributed by atoms with E-state index in [1.807, 2.05) is 43.3 Å². The van der Waals surface area contributed by atoms with Crippen LogP contribution in [0.25, 0.3) is 0 Å². The molecule has 2 aromatic rings. The third kappa shape index (κ3) is 4.20. The minimum absolute atomic E-state index is 0.0514. The molecule has 118 valence electrons. The first-order valence-corrected chi connectivity index (χ1v) is 9.97. The quantitative estimate of drug-likeness (QED) is 0.544. The zero-order valence-electron chi connectivity index (χ0n) is 13.2. The lowest BCUT2D eigenvalue weighted by molar-refractivity contribution is 0.193. The van der Waals surface area contributed by atoms with Crippen molar-refractivity contribution in [3.05, 3.63) is 60.7 Å². The van der Waals surface area contributed by atoms with Gasteiger partial charge in [-0.05, 0) is 23.7 Å². The van der Waals surface area contributed by atoms with Crippen LogP contribution in [0.15, 0.2) is 60.7 Å². The van der Waals surface area contributed by atoms with E-state index in [1.165, 1.54) is 0 Å². The van der Waals surface area contributed by atoms with E-state index in [9.17, 15) is 0 Å². The average Bonchev–Trinajstić information content (AvgIpc) is 2.57. The van der Waals surface area contributed by atoms with Crippen molar-refractivity contribution < 1.29 is 8.85 Å². The fraction of sp³-hybridized carbons (Fsp3) is 0.333. The van der Waals surface area contributed by atoms with Crippen LogP contribution in [-0.2, 0) is 8.85 Å². The molecule has 1 unspecified atom stereocenters. The van der Waals surface area contributed by atoms with Crippen LogP contribution in [0.1, 0.15) is 20.3 Å². The number of rotatable bonds is 8. The van der Waals surface area contributed by atoms with Crippen LogP contribution in [0, 0.1) is 0 Å². The van der Waals surface area contributed by atoms with Gasteiger partial charge in [0.15, 0.2) is 0 Å². The van der Waals surface area contributed by atoms with Crippen molar-refractivity contribution in [3.63, 3.8) is 0 Å². The molecule has 0 radical (unpaired) electrons. The summed E-state index contributed by atoms with van der Waals surface area (Å²) in [7, 11) is -2.72. The van der Waals surface area contributed by atoms with Crippen LogP contribution in [0.4, 0.5) is 0 Å². The van der Waals surface area contributed by atoms with E-state index in [0.29, 0.717) is 13.2 Å². The maximum Gasteiger partial charge on any atom is 0.407 e. The van der Waals surface area contributed by atoms with E-state index in [4.69, 9.17) is 20.5 Å². The Morgan fingerprint density at radius 1 is 0.909 bits per heavy atom. The van der Waals surface area contributed by atoms with Crippen molar-refractivity contribution in [1.29, 1.82) is 0 Å². The van der Waals surface area contributed by atoms with Crippen molar-refractivity contribution in [2.24, 2.45) is 0 Å². The van der Waals surface area contributed by atoms with Crippen molar-refractivity contribution in [2.45, 2.75) is 25.6 Å². The number of hydrogen-bond acceptors (Lipinski definition) is 2. The largest absolute Gasteiger partial charge is 0.407 e. The van der Waals surface area contributed by atoms with Crippen LogP contribution in [-0.4, -0.2) is 27.2 Å². The number of halogens is 1. The van der Waals surface area contributed by atoms with E-state index in [-0.39, 0.29) is 5.38 Å². The third-order valence-corrected chi connectivity index (χ3v) is 6.83. The molecule has 0 heterocycles. The minimum Gasteiger partial charge on any atom is -0.388 e. The molecule has 0 bridgehead atoms. The number of benzene rings is 2. The molecule has 0 spiro atoms. The third-order valence-electron chi connectivity index (χ3n) is 3.33. The molecule has 0 N–H and O–H groups in total. The summed E-state index contributed by atoms with van der Waals surface area (Å²) in [5.74, 6) is 0. The molecule has 0 amide bonds. The Balaban J connectivity index is 2.47. The topological polar surface area (TPSA) is 18.5 Å². The van der Waals surface area contributed by atoms with Crippen LogP contribution >= 0.6 is 11.6 Å². The monoisotopic (exact) mass is 334 g/mol. The Labute approximate surface area is 139 Å². The van der Waals surface area contributed by atoms with E-state index in [2.05, 4.69) is 31.2 Å². The predicted molar refractivity (Wildman–Crippen MR) is 95.4 cm³/mol. The first kappa shape index (κ1) is 17.2. The van der Waals surface area contributed by atoms with Crippen LogP contribution in [0.5, 0.6) is 0 Å².